The molecule has 0 aromatic heterocycles. The number of fused-ring (bicyclic) bond motifs is 1. The van der Waals surface area contributed by atoms with E-state index >= 15 is 0 Å². The van der Waals surface area contributed by atoms with Crippen molar-refractivity contribution in [2.45, 2.75) is 31.6 Å². The van der Waals surface area contributed by atoms with Gasteiger partial charge in [-0.05, 0) is 48.4 Å². The molecule has 0 N–H and O–H groups in total. The monoisotopic (exact) mass is 254 g/mol. The van der Waals surface area contributed by atoms with Gasteiger partial charge in [0, 0.05) is 0 Å². The van der Waals surface area contributed by atoms with Gasteiger partial charge in [-0.3, -0.25) is 0 Å². The molecule has 94 valence electrons. The van der Waals surface area contributed by atoms with Crippen LogP contribution < -0.4 is 9.47 Å². The van der Waals surface area contributed by atoms with Gasteiger partial charge in [-0.15, -0.1) is 11.6 Å². The zero-order chi connectivity index (χ0) is 12.4. The highest BCUT2D eigenvalue weighted by atomic mass is 35.5. The van der Waals surface area contributed by atoms with Crippen LogP contribution in [0.5, 0.6) is 11.5 Å². The zero-order valence-corrected chi connectivity index (χ0v) is 11.4. The fourth-order valence-corrected chi connectivity index (χ4v) is 2.95. The first-order valence-electron chi connectivity index (χ1n) is 6.04. The maximum absolute atomic E-state index is 6.47. The Morgan fingerprint density at radius 1 is 1.18 bits per heavy atom. The van der Waals surface area contributed by atoms with Crippen molar-refractivity contribution < 1.29 is 9.47 Å². The van der Waals surface area contributed by atoms with Crippen LogP contribution in [0.2, 0.25) is 0 Å². The molecule has 2 unspecified atom stereocenters. The fraction of sp³-hybridized carbons (Fsp3) is 0.571. The Labute approximate surface area is 108 Å². The van der Waals surface area contributed by atoms with Crippen molar-refractivity contribution in [3.63, 3.8) is 0 Å². The minimum atomic E-state index is 0.0855. The van der Waals surface area contributed by atoms with Gasteiger partial charge in [-0.2, -0.15) is 0 Å². The van der Waals surface area contributed by atoms with Crippen LogP contribution in [0.15, 0.2) is 12.1 Å². The molecule has 0 fully saturated rings. The van der Waals surface area contributed by atoms with E-state index in [4.69, 9.17) is 21.1 Å². The van der Waals surface area contributed by atoms with Gasteiger partial charge in [-0.1, -0.05) is 6.92 Å². The zero-order valence-electron chi connectivity index (χ0n) is 10.6. The Morgan fingerprint density at radius 3 is 2.47 bits per heavy atom. The smallest absolute Gasteiger partial charge is 0.161 e. The highest BCUT2D eigenvalue weighted by molar-refractivity contribution is 6.21. The molecule has 3 heteroatoms. The van der Waals surface area contributed by atoms with E-state index in [-0.39, 0.29) is 5.38 Å². The second-order valence-corrected chi connectivity index (χ2v) is 5.28. The predicted octanol–water partition coefficient (Wildman–Crippen LogP) is 3.96. The molecule has 0 heterocycles. The standard InChI is InChI=1S/C14H19ClO2/c1-9-4-5-10-7-13(16-2)14(17-3)8-11(10)12(15)6-9/h7-9,12H,4-6H2,1-3H3. The van der Waals surface area contributed by atoms with Crippen molar-refractivity contribution in [3.8, 4) is 11.5 Å². The first kappa shape index (κ1) is 12.6. The van der Waals surface area contributed by atoms with Gasteiger partial charge in [0.15, 0.2) is 11.5 Å². The largest absolute Gasteiger partial charge is 0.493 e. The van der Waals surface area contributed by atoms with E-state index in [0.29, 0.717) is 5.92 Å². The minimum Gasteiger partial charge on any atom is -0.493 e. The van der Waals surface area contributed by atoms with Gasteiger partial charge in [0.05, 0.1) is 19.6 Å². The van der Waals surface area contributed by atoms with Crippen LogP contribution in [-0.4, -0.2) is 14.2 Å². The third-order valence-electron chi connectivity index (χ3n) is 3.50. The summed E-state index contributed by atoms with van der Waals surface area (Å²) in [6.07, 6.45) is 3.29. The molecule has 0 radical (unpaired) electrons. The van der Waals surface area contributed by atoms with Crippen molar-refractivity contribution in [1.82, 2.24) is 0 Å². The first-order valence-corrected chi connectivity index (χ1v) is 6.48. The topological polar surface area (TPSA) is 18.5 Å². The fourth-order valence-electron chi connectivity index (χ4n) is 2.44. The van der Waals surface area contributed by atoms with Gasteiger partial charge in [0.1, 0.15) is 0 Å². The SMILES string of the molecule is COc1cc2c(cc1OC)C(Cl)CC(C)CC2. The molecule has 1 aliphatic carbocycles. The van der Waals surface area contributed by atoms with E-state index < -0.39 is 0 Å². The molecule has 2 atom stereocenters. The maximum atomic E-state index is 6.47. The Balaban J connectivity index is 2.45. The molecule has 1 aromatic rings. The molecule has 1 aromatic carbocycles. The van der Waals surface area contributed by atoms with Gasteiger partial charge in [-0.25, -0.2) is 0 Å². The lowest BCUT2D eigenvalue weighted by atomic mass is 10.0. The molecule has 17 heavy (non-hydrogen) atoms. The number of methoxy groups -OCH3 is 2. The van der Waals surface area contributed by atoms with E-state index in [9.17, 15) is 0 Å². The molecule has 2 nitrogen and oxygen atoms in total. The van der Waals surface area contributed by atoms with Crippen LogP contribution in [0.1, 0.15) is 36.3 Å². The van der Waals surface area contributed by atoms with E-state index in [2.05, 4.69) is 13.0 Å². The number of benzene rings is 1. The number of ether oxygens (including phenoxy) is 2. The van der Waals surface area contributed by atoms with E-state index in [1.807, 2.05) is 6.07 Å². The van der Waals surface area contributed by atoms with Crippen molar-refractivity contribution in [1.29, 1.82) is 0 Å². The molecule has 2 rings (SSSR count). The molecular weight excluding hydrogens is 236 g/mol. The van der Waals surface area contributed by atoms with Crippen molar-refractivity contribution in [2.75, 3.05) is 14.2 Å². The molecule has 0 bridgehead atoms. The number of aryl methyl sites for hydroxylation is 1. The molecule has 0 spiro atoms. The van der Waals surface area contributed by atoms with Crippen molar-refractivity contribution in [2.24, 2.45) is 5.92 Å². The normalized spacial score (nSPS) is 23.8. The third-order valence-corrected chi connectivity index (χ3v) is 3.91. The minimum absolute atomic E-state index is 0.0855. The lowest BCUT2D eigenvalue weighted by Gasteiger charge is -2.15. The summed E-state index contributed by atoms with van der Waals surface area (Å²) in [6, 6.07) is 4.10. The summed E-state index contributed by atoms with van der Waals surface area (Å²) in [6.45, 7) is 2.26. The Morgan fingerprint density at radius 2 is 1.82 bits per heavy atom. The van der Waals surface area contributed by atoms with Crippen LogP contribution in [0.4, 0.5) is 0 Å². The quantitative estimate of drug-likeness (QED) is 0.588. The lowest BCUT2D eigenvalue weighted by molar-refractivity contribution is 0.354. The van der Waals surface area contributed by atoms with Crippen LogP contribution in [0.3, 0.4) is 0 Å². The summed E-state index contributed by atoms with van der Waals surface area (Å²) in [5.74, 6) is 2.23. The summed E-state index contributed by atoms with van der Waals surface area (Å²) in [5.41, 5.74) is 2.50. The number of alkyl halides is 1. The van der Waals surface area contributed by atoms with E-state index in [1.165, 1.54) is 17.5 Å². The highest BCUT2D eigenvalue weighted by Crippen LogP contribution is 2.41. The number of hydrogen-bond donors (Lipinski definition) is 0. The Kier molecular flexibility index (Phi) is 3.82. The van der Waals surface area contributed by atoms with Crippen LogP contribution in [0, 0.1) is 5.92 Å². The summed E-state index contributed by atoms with van der Waals surface area (Å²) in [4.78, 5) is 0. The predicted molar refractivity (Wildman–Crippen MR) is 70.2 cm³/mol. The second-order valence-electron chi connectivity index (χ2n) is 4.75. The average molecular weight is 255 g/mol. The molecule has 1 aliphatic rings. The summed E-state index contributed by atoms with van der Waals surface area (Å²) in [5, 5.41) is 0.0855. The number of rotatable bonds is 2. The lowest BCUT2D eigenvalue weighted by Crippen LogP contribution is -1.99. The second kappa shape index (κ2) is 5.18. The molecule has 0 saturated heterocycles. The number of halogens is 1. The molecule has 0 saturated carbocycles. The average Bonchev–Trinajstić information content (AvgIpc) is 2.47. The molecular formula is C14H19ClO2. The van der Waals surface area contributed by atoms with Crippen LogP contribution in [-0.2, 0) is 6.42 Å². The van der Waals surface area contributed by atoms with Crippen LogP contribution >= 0.6 is 11.6 Å². The molecule has 0 amide bonds. The van der Waals surface area contributed by atoms with Gasteiger partial charge >= 0.3 is 0 Å². The maximum Gasteiger partial charge on any atom is 0.161 e. The van der Waals surface area contributed by atoms with Crippen molar-refractivity contribution in [3.05, 3.63) is 23.3 Å². The third kappa shape index (κ3) is 2.52. The highest BCUT2D eigenvalue weighted by Gasteiger charge is 2.22. The van der Waals surface area contributed by atoms with Crippen molar-refractivity contribution >= 4 is 11.6 Å². The summed E-state index contributed by atoms with van der Waals surface area (Å²) in [7, 11) is 3.33. The summed E-state index contributed by atoms with van der Waals surface area (Å²) >= 11 is 6.47. The Hall–Kier alpha value is -0.890. The number of hydrogen-bond acceptors (Lipinski definition) is 2. The van der Waals surface area contributed by atoms with Gasteiger partial charge < -0.3 is 9.47 Å². The van der Waals surface area contributed by atoms with Gasteiger partial charge in [0.25, 0.3) is 0 Å². The van der Waals surface area contributed by atoms with E-state index in [1.54, 1.807) is 14.2 Å². The Bertz CT molecular complexity index is 403. The van der Waals surface area contributed by atoms with Crippen LogP contribution in [0.25, 0.3) is 0 Å². The van der Waals surface area contributed by atoms with E-state index in [0.717, 1.165) is 24.3 Å². The molecule has 0 aliphatic heterocycles. The first-order chi connectivity index (χ1) is 8.15. The van der Waals surface area contributed by atoms with Gasteiger partial charge in [0.2, 0.25) is 0 Å². The summed E-state index contributed by atoms with van der Waals surface area (Å²) < 4.78 is 10.7.